The first-order valence-corrected chi connectivity index (χ1v) is 12.1. The average molecular weight is 519 g/mol. The molecule has 1 saturated heterocycles. The zero-order chi connectivity index (χ0) is 24.3. The molecule has 0 bridgehead atoms. The zero-order valence-electron chi connectivity index (χ0n) is 19.3. The molecule has 0 unspecified atom stereocenters. The molecule has 2 heterocycles. The SMILES string of the molecule is COc1ccccc1NC(=O)c1nc(-c2ccc(S(=O)(=O)N3CCN(C)CC3)cc2)cnc1N.Cl. The highest BCUT2D eigenvalue weighted by Crippen LogP contribution is 2.26. The summed E-state index contributed by atoms with van der Waals surface area (Å²) < 4.78 is 32.7. The molecule has 35 heavy (non-hydrogen) atoms. The molecule has 0 spiro atoms. The molecule has 1 aliphatic rings. The van der Waals surface area contributed by atoms with E-state index in [1.165, 1.54) is 29.7 Å². The Morgan fingerprint density at radius 1 is 1.06 bits per heavy atom. The minimum absolute atomic E-state index is 0. The van der Waals surface area contributed by atoms with Crippen LogP contribution in [-0.4, -0.2) is 73.8 Å². The largest absolute Gasteiger partial charge is 0.495 e. The fourth-order valence-electron chi connectivity index (χ4n) is 3.61. The average Bonchev–Trinajstić information content (AvgIpc) is 2.85. The van der Waals surface area contributed by atoms with Crippen molar-refractivity contribution in [2.24, 2.45) is 0 Å². The standard InChI is InChI=1S/C23H26N6O4S.ClH/c1-28-11-13-29(14-12-28)34(31,32)17-9-7-16(8-10-17)19-15-25-22(24)21(26-19)23(30)27-18-5-3-4-6-20(18)33-2;/h3-10,15H,11-14H2,1-2H3,(H2,24,25)(H,27,30);1H. The lowest BCUT2D eigenvalue weighted by Gasteiger charge is -2.31. The number of amides is 1. The second kappa shape index (κ2) is 11.0. The Bertz CT molecular complexity index is 1300. The van der Waals surface area contributed by atoms with Crippen molar-refractivity contribution in [1.29, 1.82) is 0 Å². The van der Waals surface area contributed by atoms with Crippen molar-refractivity contribution in [3.8, 4) is 17.0 Å². The van der Waals surface area contributed by atoms with Gasteiger partial charge in [-0.2, -0.15) is 4.31 Å². The lowest BCUT2D eigenvalue weighted by atomic mass is 10.1. The molecule has 3 N–H and O–H groups in total. The Balaban J connectivity index is 0.00000342. The van der Waals surface area contributed by atoms with E-state index >= 15 is 0 Å². The molecule has 0 aliphatic carbocycles. The van der Waals surface area contributed by atoms with Gasteiger partial charge in [-0.15, -0.1) is 12.4 Å². The number of anilines is 2. The summed E-state index contributed by atoms with van der Waals surface area (Å²) >= 11 is 0. The van der Waals surface area contributed by atoms with Crippen LogP contribution >= 0.6 is 12.4 Å². The summed E-state index contributed by atoms with van der Waals surface area (Å²) in [4.78, 5) is 23.6. The fourth-order valence-corrected chi connectivity index (χ4v) is 5.03. The molecule has 1 aliphatic heterocycles. The number of aromatic nitrogens is 2. The maximum absolute atomic E-state index is 13.0. The third-order valence-corrected chi connectivity index (χ3v) is 7.53. The Kier molecular flexibility index (Phi) is 8.28. The number of nitrogens with two attached hydrogens (primary N) is 1. The number of sulfonamides is 1. The van der Waals surface area contributed by atoms with Crippen LogP contribution in [0.4, 0.5) is 11.5 Å². The van der Waals surface area contributed by atoms with Crippen LogP contribution in [0.15, 0.2) is 59.6 Å². The summed E-state index contributed by atoms with van der Waals surface area (Å²) in [5.74, 6) is -0.0632. The number of piperazine rings is 1. The van der Waals surface area contributed by atoms with Gasteiger partial charge in [0.05, 0.1) is 29.6 Å². The lowest BCUT2D eigenvalue weighted by molar-refractivity contribution is 0.102. The molecule has 0 atom stereocenters. The van der Waals surface area contributed by atoms with Crippen LogP contribution in [0.3, 0.4) is 0 Å². The molecule has 0 radical (unpaired) electrons. The molecular weight excluding hydrogens is 492 g/mol. The van der Waals surface area contributed by atoms with Gasteiger partial charge in [-0.25, -0.2) is 18.4 Å². The van der Waals surface area contributed by atoms with E-state index in [1.807, 2.05) is 7.05 Å². The van der Waals surface area contributed by atoms with Crippen molar-refractivity contribution in [3.05, 3.63) is 60.4 Å². The summed E-state index contributed by atoms with van der Waals surface area (Å²) in [6.45, 7) is 2.29. The molecule has 4 rings (SSSR count). The molecule has 186 valence electrons. The first kappa shape index (κ1) is 26.4. The number of hydrogen-bond donors (Lipinski definition) is 2. The van der Waals surface area contributed by atoms with Crippen LogP contribution < -0.4 is 15.8 Å². The quantitative estimate of drug-likeness (QED) is 0.508. The van der Waals surface area contributed by atoms with Crippen molar-refractivity contribution in [2.75, 3.05) is 51.4 Å². The van der Waals surface area contributed by atoms with E-state index in [1.54, 1.807) is 36.4 Å². The summed E-state index contributed by atoms with van der Waals surface area (Å²) in [6.07, 6.45) is 1.44. The molecule has 3 aromatic rings. The Labute approximate surface area is 210 Å². The number of ether oxygens (including phenoxy) is 1. The Morgan fingerprint density at radius 3 is 2.37 bits per heavy atom. The van der Waals surface area contributed by atoms with Crippen molar-refractivity contribution in [1.82, 2.24) is 19.2 Å². The predicted molar refractivity (Wildman–Crippen MR) is 136 cm³/mol. The summed E-state index contributed by atoms with van der Waals surface area (Å²) in [7, 11) is -0.102. The molecule has 0 saturated carbocycles. The van der Waals surface area contributed by atoms with Gasteiger partial charge in [0.25, 0.3) is 5.91 Å². The van der Waals surface area contributed by atoms with Crippen molar-refractivity contribution in [3.63, 3.8) is 0 Å². The van der Waals surface area contributed by atoms with E-state index in [2.05, 4.69) is 20.2 Å². The van der Waals surface area contributed by atoms with Crippen LogP contribution in [0.2, 0.25) is 0 Å². The highest BCUT2D eigenvalue weighted by Gasteiger charge is 2.27. The van der Waals surface area contributed by atoms with Gasteiger partial charge in [-0.1, -0.05) is 24.3 Å². The Morgan fingerprint density at radius 2 is 1.71 bits per heavy atom. The van der Waals surface area contributed by atoms with Gasteiger partial charge in [0.15, 0.2) is 11.5 Å². The molecule has 1 aromatic heterocycles. The number of halogens is 1. The maximum atomic E-state index is 13.0. The molecular formula is C23H27ClN6O4S. The number of carbonyl (C=O) groups excluding carboxylic acids is 1. The highest BCUT2D eigenvalue weighted by molar-refractivity contribution is 7.89. The fraction of sp³-hybridized carbons (Fsp3) is 0.261. The van der Waals surface area contributed by atoms with Crippen molar-refractivity contribution >= 4 is 39.8 Å². The molecule has 12 heteroatoms. The van der Waals surface area contributed by atoms with Gasteiger partial charge in [-0.3, -0.25) is 4.79 Å². The van der Waals surface area contributed by atoms with E-state index in [0.717, 1.165) is 0 Å². The van der Waals surface area contributed by atoms with Gasteiger partial charge in [0, 0.05) is 31.7 Å². The zero-order valence-corrected chi connectivity index (χ0v) is 21.0. The molecule has 2 aromatic carbocycles. The smallest absolute Gasteiger partial charge is 0.278 e. The van der Waals surface area contributed by atoms with Gasteiger partial charge < -0.3 is 20.7 Å². The lowest BCUT2D eigenvalue weighted by Crippen LogP contribution is -2.46. The minimum Gasteiger partial charge on any atom is -0.495 e. The van der Waals surface area contributed by atoms with E-state index in [9.17, 15) is 13.2 Å². The number of para-hydroxylation sites is 2. The van der Waals surface area contributed by atoms with Gasteiger partial charge in [0.2, 0.25) is 10.0 Å². The maximum Gasteiger partial charge on any atom is 0.278 e. The molecule has 1 amide bonds. The van der Waals surface area contributed by atoms with Crippen LogP contribution in [0.25, 0.3) is 11.3 Å². The topological polar surface area (TPSA) is 131 Å². The summed E-state index contributed by atoms with van der Waals surface area (Å²) in [5.41, 5.74) is 7.34. The number of likely N-dealkylation sites (N-methyl/N-ethyl adjacent to an activating group) is 1. The first-order valence-electron chi connectivity index (χ1n) is 10.7. The Hall–Kier alpha value is -3.25. The third-order valence-electron chi connectivity index (χ3n) is 5.62. The number of rotatable bonds is 6. The van der Waals surface area contributed by atoms with E-state index in [0.29, 0.717) is 48.9 Å². The number of carbonyl (C=O) groups is 1. The van der Waals surface area contributed by atoms with Crippen LogP contribution in [0.5, 0.6) is 5.75 Å². The van der Waals surface area contributed by atoms with Crippen LogP contribution in [0.1, 0.15) is 10.5 Å². The second-order valence-corrected chi connectivity index (χ2v) is 9.81. The van der Waals surface area contributed by atoms with Crippen LogP contribution in [0, 0.1) is 0 Å². The normalized spacial score (nSPS) is 14.7. The molecule has 1 fully saturated rings. The second-order valence-electron chi connectivity index (χ2n) is 7.88. The van der Waals surface area contributed by atoms with Crippen LogP contribution in [-0.2, 0) is 10.0 Å². The highest BCUT2D eigenvalue weighted by atomic mass is 35.5. The number of methoxy groups -OCH3 is 1. The molecule has 10 nitrogen and oxygen atoms in total. The number of benzene rings is 2. The number of nitrogens with one attached hydrogen (secondary N) is 1. The van der Waals surface area contributed by atoms with E-state index < -0.39 is 15.9 Å². The van der Waals surface area contributed by atoms with Crippen molar-refractivity contribution < 1.29 is 17.9 Å². The van der Waals surface area contributed by atoms with Gasteiger partial charge in [0.1, 0.15) is 5.75 Å². The summed E-state index contributed by atoms with van der Waals surface area (Å²) in [6, 6.07) is 13.3. The minimum atomic E-state index is -3.58. The number of hydrogen-bond acceptors (Lipinski definition) is 8. The van der Waals surface area contributed by atoms with Gasteiger partial charge >= 0.3 is 0 Å². The number of nitrogen functional groups attached to an aromatic ring is 1. The summed E-state index contributed by atoms with van der Waals surface area (Å²) in [5, 5.41) is 2.73. The van der Waals surface area contributed by atoms with E-state index in [-0.39, 0.29) is 28.8 Å². The van der Waals surface area contributed by atoms with Crippen molar-refractivity contribution in [2.45, 2.75) is 4.90 Å². The first-order chi connectivity index (χ1) is 16.3. The van der Waals surface area contributed by atoms with Gasteiger partial charge in [-0.05, 0) is 31.3 Å². The predicted octanol–water partition coefficient (Wildman–Crippen LogP) is 2.34. The third kappa shape index (κ3) is 5.70. The van der Waals surface area contributed by atoms with E-state index in [4.69, 9.17) is 10.5 Å². The monoisotopic (exact) mass is 518 g/mol. The number of nitrogens with zero attached hydrogens (tertiary/aromatic N) is 4.